The monoisotopic (exact) mass is 236 g/mol. The Morgan fingerprint density at radius 1 is 1.12 bits per heavy atom. The first kappa shape index (κ1) is 12.1. The van der Waals surface area contributed by atoms with Crippen molar-refractivity contribution in [3.8, 4) is 5.75 Å². The number of aromatic nitrogens is 2. The molecule has 0 amide bonds. The highest BCUT2D eigenvalue weighted by Crippen LogP contribution is 2.14. The fourth-order valence-corrected chi connectivity index (χ4v) is 2.02. The third-order valence-corrected chi connectivity index (χ3v) is 3.18. The molecule has 0 aromatic carbocycles. The number of rotatable bonds is 3. The van der Waals surface area contributed by atoms with Gasteiger partial charge in [0, 0.05) is 32.2 Å². The predicted octanol–water partition coefficient (Wildman–Crippen LogP) is 1.02. The summed E-state index contributed by atoms with van der Waals surface area (Å²) in [6, 6.07) is 0.619. The molecule has 1 fully saturated rings. The zero-order valence-corrected chi connectivity index (χ0v) is 10.8. The number of anilines is 1. The van der Waals surface area contributed by atoms with Gasteiger partial charge in [0.1, 0.15) is 0 Å². The van der Waals surface area contributed by atoms with Gasteiger partial charge in [-0.3, -0.25) is 4.90 Å². The van der Waals surface area contributed by atoms with Crippen LogP contribution in [0.3, 0.4) is 0 Å². The summed E-state index contributed by atoms with van der Waals surface area (Å²) in [5.74, 6) is 1.50. The topological polar surface area (TPSA) is 41.5 Å². The van der Waals surface area contributed by atoms with Crippen LogP contribution in [-0.2, 0) is 0 Å². The van der Waals surface area contributed by atoms with E-state index in [2.05, 4.69) is 33.6 Å². The molecule has 0 aliphatic carbocycles. The van der Waals surface area contributed by atoms with Crippen LogP contribution in [0.25, 0.3) is 0 Å². The Bertz CT molecular complexity index is 344. The number of methoxy groups -OCH3 is 1. The number of ether oxygens (including phenoxy) is 1. The molecular formula is C12H20N4O. The molecule has 0 spiro atoms. The van der Waals surface area contributed by atoms with Crippen molar-refractivity contribution in [3.05, 3.63) is 12.4 Å². The van der Waals surface area contributed by atoms with Crippen molar-refractivity contribution >= 4 is 5.95 Å². The van der Waals surface area contributed by atoms with Crippen molar-refractivity contribution in [1.82, 2.24) is 14.9 Å². The van der Waals surface area contributed by atoms with Gasteiger partial charge in [0.25, 0.3) is 0 Å². The maximum Gasteiger partial charge on any atom is 0.225 e. The van der Waals surface area contributed by atoms with E-state index in [9.17, 15) is 0 Å². The van der Waals surface area contributed by atoms with E-state index in [0.717, 1.165) is 32.1 Å². The zero-order valence-electron chi connectivity index (χ0n) is 10.8. The fourth-order valence-electron chi connectivity index (χ4n) is 2.02. The van der Waals surface area contributed by atoms with E-state index < -0.39 is 0 Å². The molecule has 0 saturated carbocycles. The molecule has 0 unspecified atom stereocenters. The van der Waals surface area contributed by atoms with E-state index >= 15 is 0 Å². The molecule has 1 aromatic rings. The quantitative estimate of drug-likeness (QED) is 0.783. The first-order valence-electron chi connectivity index (χ1n) is 6.05. The molecule has 0 bridgehead atoms. The minimum Gasteiger partial charge on any atom is -0.494 e. The van der Waals surface area contributed by atoms with E-state index in [0.29, 0.717) is 11.8 Å². The van der Waals surface area contributed by atoms with Gasteiger partial charge in [0.2, 0.25) is 5.95 Å². The lowest BCUT2D eigenvalue weighted by atomic mass is 10.2. The highest BCUT2D eigenvalue weighted by atomic mass is 16.5. The Hall–Kier alpha value is -1.36. The summed E-state index contributed by atoms with van der Waals surface area (Å²) < 4.78 is 5.05. The zero-order chi connectivity index (χ0) is 12.3. The van der Waals surface area contributed by atoms with Gasteiger partial charge in [-0.05, 0) is 13.8 Å². The molecule has 17 heavy (non-hydrogen) atoms. The second-order valence-corrected chi connectivity index (χ2v) is 4.54. The number of hydrogen-bond donors (Lipinski definition) is 0. The fraction of sp³-hybridized carbons (Fsp3) is 0.667. The van der Waals surface area contributed by atoms with Crippen molar-refractivity contribution < 1.29 is 4.74 Å². The number of piperazine rings is 1. The second-order valence-electron chi connectivity index (χ2n) is 4.54. The highest BCUT2D eigenvalue weighted by Gasteiger charge is 2.20. The molecule has 1 saturated heterocycles. The summed E-state index contributed by atoms with van der Waals surface area (Å²) in [6.45, 7) is 8.61. The van der Waals surface area contributed by atoms with Crippen LogP contribution in [0.4, 0.5) is 5.95 Å². The normalized spacial score (nSPS) is 17.5. The van der Waals surface area contributed by atoms with Crippen molar-refractivity contribution in [1.29, 1.82) is 0 Å². The summed E-state index contributed by atoms with van der Waals surface area (Å²) in [5, 5.41) is 0. The van der Waals surface area contributed by atoms with Crippen molar-refractivity contribution in [2.75, 3.05) is 38.2 Å². The Kier molecular flexibility index (Phi) is 3.78. The van der Waals surface area contributed by atoms with E-state index in [-0.39, 0.29) is 0 Å². The standard InChI is InChI=1S/C12H20N4O/c1-10(2)15-4-6-16(7-5-15)12-13-8-11(17-3)9-14-12/h8-10H,4-7H2,1-3H3. The summed E-state index contributed by atoms with van der Waals surface area (Å²) >= 11 is 0. The summed E-state index contributed by atoms with van der Waals surface area (Å²) in [6.07, 6.45) is 3.44. The third kappa shape index (κ3) is 2.85. The number of hydrogen-bond acceptors (Lipinski definition) is 5. The van der Waals surface area contributed by atoms with Crippen LogP contribution in [-0.4, -0.2) is 54.2 Å². The van der Waals surface area contributed by atoms with E-state index in [1.807, 2.05) is 0 Å². The second kappa shape index (κ2) is 5.31. The highest BCUT2D eigenvalue weighted by molar-refractivity contribution is 5.32. The first-order chi connectivity index (χ1) is 8.20. The Morgan fingerprint density at radius 2 is 1.71 bits per heavy atom. The molecule has 5 heteroatoms. The van der Waals surface area contributed by atoms with Crippen molar-refractivity contribution in [2.45, 2.75) is 19.9 Å². The molecule has 0 radical (unpaired) electrons. The minimum absolute atomic E-state index is 0.619. The SMILES string of the molecule is COc1cnc(N2CCN(C(C)C)CC2)nc1. The number of nitrogens with zero attached hydrogens (tertiary/aromatic N) is 4. The van der Waals surface area contributed by atoms with E-state index in [1.54, 1.807) is 19.5 Å². The Labute approximate surface area is 102 Å². The lowest BCUT2D eigenvalue weighted by Crippen LogP contribution is -2.49. The molecule has 0 atom stereocenters. The lowest BCUT2D eigenvalue weighted by molar-refractivity contribution is 0.208. The predicted molar refractivity (Wildman–Crippen MR) is 67.5 cm³/mol. The van der Waals surface area contributed by atoms with Gasteiger partial charge < -0.3 is 9.64 Å². The van der Waals surface area contributed by atoms with Gasteiger partial charge in [0.15, 0.2) is 5.75 Å². The van der Waals surface area contributed by atoms with Gasteiger partial charge >= 0.3 is 0 Å². The maximum absolute atomic E-state index is 5.05. The largest absolute Gasteiger partial charge is 0.494 e. The van der Waals surface area contributed by atoms with Gasteiger partial charge in [-0.1, -0.05) is 0 Å². The lowest BCUT2D eigenvalue weighted by Gasteiger charge is -2.36. The average Bonchev–Trinajstić information content (AvgIpc) is 2.39. The molecule has 0 N–H and O–H groups in total. The van der Waals surface area contributed by atoms with Crippen LogP contribution in [0.2, 0.25) is 0 Å². The minimum atomic E-state index is 0.619. The van der Waals surface area contributed by atoms with Gasteiger partial charge in [-0.15, -0.1) is 0 Å². The molecule has 1 aromatic heterocycles. The maximum atomic E-state index is 5.05. The molecule has 1 aliphatic heterocycles. The molecule has 5 nitrogen and oxygen atoms in total. The molecule has 1 aliphatic rings. The molecular weight excluding hydrogens is 216 g/mol. The van der Waals surface area contributed by atoms with Crippen molar-refractivity contribution in [2.24, 2.45) is 0 Å². The van der Waals surface area contributed by atoms with E-state index in [4.69, 9.17) is 4.74 Å². The van der Waals surface area contributed by atoms with Crippen LogP contribution in [0.1, 0.15) is 13.8 Å². The van der Waals surface area contributed by atoms with Gasteiger partial charge in [-0.2, -0.15) is 0 Å². The summed E-state index contributed by atoms with van der Waals surface area (Å²) in [7, 11) is 1.62. The first-order valence-corrected chi connectivity index (χ1v) is 6.05. The molecule has 2 heterocycles. The van der Waals surface area contributed by atoms with Crippen LogP contribution < -0.4 is 9.64 Å². The summed E-state index contributed by atoms with van der Waals surface area (Å²) in [4.78, 5) is 13.3. The van der Waals surface area contributed by atoms with Crippen LogP contribution in [0.5, 0.6) is 5.75 Å². The Balaban J connectivity index is 1.95. The van der Waals surface area contributed by atoms with Crippen LogP contribution in [0, 0.1) is 0 Å². The Morgan fingerprint density at radius 3 is 2.18 bits per heavy atom. The van der Waals surface area contributed by atoms with Gasteiger partial charge in [0.05, 0.1) is 19.5 Å². The van der Waals surface area contributed by atoms with Crippen molar-refractivity contribution in [3.63, 3.8) is 0 Å². The van der Waals surface area contributed by atoms with Crippen LogP contribution in [0.15, 0.2) is 12.4 Å². The average molecular weight is 236 g/mol. The third-order valence-electron chi connectivity index (χ3n) is 3.18. The smallest absolute Gasteiger partial charge is 0.225 e. The van der Waals surface area contributed by atoms with Crippen LogP contribution >= 0.6 is 0 Å². The summed E-state index contributed by atoms with van der Waals surface area (Å²) in [5.41, 5.74) is 0. The molecule has 2 rings (SSSR count). The van der Waals surface area contributed by atoms with Gasteiger partial charge in [-0.25, -0.2) is 9.97 Å². The molecule has 94 valence electrons. The van der Waals surface area contributed by atoms with E-state index in [1.165, 1.54) is 0 Å².